The zero-order chi connectivity index (χ0) is 15.2. The third-order valence-electron chi connectivity index (χ3n) is 5.26. The highest BCUT2D eigenvalue weighted by Crippen LogP contribution is 2.39. The fraction of sp³-hybridized carbons (Fsp3) is 0.750. The fourth-order valence-corrected chi connectivity index (χ4v) is 3.60. The predicted octanol–water partition coefficient (Wildman–Crippen LogP) is 1.11. The Kier molecular flexibility index (Phi) is 3.46. The van der Waals surface area contributed by atoms with Gasteiger partial charge in [0.25, 0.3) is 0 Å². The third-order valence-corrected chi connectivity index (χ3v) is 5.26. The van der Waals surface area contributed by atoms with E-state index in [0.29, 0.717) is 5.92 Å². The molecule has 1 saturated carbocycles. The standard InChI is InChI=1S/C16H24N4O2/c1-19-11-16(22-10-15(19)21)4-6-20(7-5-16)9-13-8-14(18-17-13)12-2-3-12/h8,12H,2-7,9-11H2,1H3,(H,17,18). The van der Waals surface area contributed by atoms with E-state index in [9.17, 15) is 4.79 Å². The van der Waals surface area contributed by atoms with Gasteiger partial charge in [0.1, 0.15) is 6.61 Å². The molecule has 22 heavy (non-hydrogen) atoms. The van der Waals surface area contributed by atoms with E-state index in [-0.39, 0.29) is 18.1 Å². The molecule has 120 valence electrons. The number of nitrogens with one attached hydrogen (secondary N) is 1. The molecular weight excluding hydrogens is 280 g/mol. The molecule has 0 aromatic carbocycles. The maximum atomic E-state index is 11.6. The third kappa shape index (κ3) is 2.77. The lowest BCUT2D eigenvalue weighted by Gasteiger charge is -2.46. The summed E-state index contributed by atoms with van der Waals surface area (Å²) in [6.45, 7) is 3.93. The minimum absolute atomic E-state index is 0.0955. The normalized spacial score (nSPS) is 25.9. The van der Waals surface area contributed by atoms with Crippen LogP contribution in [0.5, 0.6) is 0 Å². The van der Waals surface area contributed by atoms with E-state index in [1.165, 1.54) is 24.2 Å². The number of aromatic amines is 1. The molecule has 2 saturated heterocycles. The summed E-state index contributed by atoms with van der Waals surface area (Å²) in [6.07, 6.45) is 4.57. The molecule has 0 radical (unpaired) electrons. The average molecular weight is 304 g/mol. The topological polar surface area (TPSA) is 61.5 Å². The molecule has 2 aliphatic heterocycles. The molecule has 0 atom stereocenters. The lowest BCUT2D eigenvalue weighted by Crippen LogP contribution is -2.57. The van der Waals surface area contributed by atoms with Crippen molar-refractivity contribution in [3.05, 3.63) is 17.5 Å². The molecule has 6 nitrogen and oxygen atoms in total. The lowest BCUT2D eigenvalue weighted by atomic mass is 9.89. The largest absolute Gasteiger partial charge is 0.363 e. The van der Waals surface area contributed by atoms with Crippen molar-refractivity contribution in [1.29, 1.82) is 0 Å². The maximum absolute atomic E-state index is 11.6. The quantitative estimate of drug-likeness (QED) is 0.909. The number of likely N-dealkylation sites (tertiary alicyclic amines) is 1. The predicted molar refractivity (Wildman–Crippen MR) is 81.4 cm³/mol. The Balaban J connectivity index is 1.32. The number of hydrogen-bond acceptors (Lipinski definition) is 4. The molecule has 0 unspecified atom stereocenters. The molecule has 6 heteroatoms. The van der Waals surface area contributed by atoms with Crippen LogP contribution in [0.15, 0.2) is 6.07 Å². The first-order valence-electron chi connectivity index (χ1n) is 8.28. The van der Waals surface area contributed by atoms with E-state index >= 15 is 0 Å². The highest BCUT2D eigenvalue weighted by molar-refractivity contribution is 5.78. The average Bonchev–Trinajstić information content (AvgIpc) is 3.26. The van der Waals surface area contributed by atoms with Crippen molar-refractivity contribution in [1.82, 2.24) is 20.0 Å². The Labute approximate surface area is 130 Å². The number of amides is 1. The number of carbonyl (C=O) groups is 1. The second-order valence-corrected chi connectivity index (χ2v) is 7.09. The van der Waals surface area contributed by atoms with Gasteiger partial charge in [-0.15, -0.1) is 0 Å². The van der Waals surface area contributed by atoms with Gasteiger partial charge in [0.15, 0.2) is 0 Å². The van der Waals surface area contributed by atoms with E-state index in [1.807, 2.05) is 11.9 Å². The first-order chi connectivity index (χ1) is 10.6. The van der Waals surface area contributed by atoms with Crippen LogP contribution in [0.25, 0.3) is 0 Å². The van der Waals surface area contributed by atoms with E-state index in [1.54, 1.807) is 0 Å². The molecule has 1 amide bonds. The van der Waals surface area contributed by atoms with Crippen LogP contribution < -0.4 is 0 Å². The summed E-state index contributed by atoms with van der Waals surface area (Å²) in [5, 5.41) is 7.61. The number of piperidine rings is 1. The Morgan fingerprint density at radius 2 is 2.18 bits per heavy atom. The summed E-state index contributed by atoms with van der Waals surface area (Å²) in [5.74, 6) is 0.802. The number of nitrogens with zero attached hydrogens (tertiary/aromatic N) is 3. The summed E-state index contributed by atoms with van der Waals surface area (Å²) in [6, 6.07) is 2.23. The summed E-state index contributed by atoms with van der Waals surface area (Å²) < 4.78 is 5.89. The van der Waals surface area contributed by atoms with Gasteiger partial charge < -0.3 is 9.64 Å². The summed E-state index contributed by atoms with van der Waals surface area (Å²) in [7, 11) is 1.88. The lowest BCUT2D eigenvalue weighted by molar-refractivity contribution is -0.169. The monoisotopic (exact) mass is 304 g/mol. The van der Waals surface area contributed by atoms with E-state index < -0.39 is 0 Å². The Morgan fingerprint density at radius 1 is 1.41 bits per heavy atom. The number of morpholine rings is 1. The first kappa shape index (κ1) is 14.2. The van der Waals surface area contributed by atoms with Gasteiger partial charge in [-0.2, -0.15) is 5.10 Å². The van der Waals surface area contributed by atoms with Crippen molar-refractivity contribution in [2.75, 3.05) is 33.3 Å². The number of rotatable bonds is 3. The fourth-order valence-electron chi connectivity index (χ4n) is 3.60. The summed E-state index contributed by atoms with van der Waals surface area (Å²) in [4.78, 5) is 15.8. The van der Waals surface area contributed by atoms with Gasteiger partial charge in [-0.3, -0.25) is 14.8 Å². The van der Waals surface area contributed by atoms with Crippen molar-refractivity contribution < 1.29 is 9.53 Å². The number of aromatic nitrogens is 2. The van der Waals surface area contributed by atoms with Crippen LogP contribution in [-0.4, -0.2) is 64.8 Å². The molecule has 1 aromatic heterocycles. The highest BCUT2D eigenvalue weighted by Gasteiger charge is 2.41. The van der Waals surface area contributed by atoms with Gasteiger partial charge in [-0.1, -0.05) is 0 Å². The Morgan fingerprint density at radius 3 is 2.86 bits per heavy atom. The maximum Gasteiger partial charge on any atom is 0.248 e. The van der Waals surface area contributed by atoms with Gasteiger partial charge in [-0.05, 0) is 31.7 Å². The zero-order valence-electron chi connectivity index (χ0n) is 13.2. The van der Waals surface area contributed by atoms with Gasteiger partial charge in [-0.25, -0.2) is 0 Å². The minimum atomic E-state index is -0.119. The van der Waals surface area contributed by atoms with Crippen molar-refractivity contribution in [2.45, 2.75) is 43.7 Å². The van der Waals surface area contributed by atoms with Crippen LogP contribution in [0.3, 0.4) is 0 Å². The number of H-pyrrole nitrogens is 1. The zero-order valence-corrected chi connectivity index (χ0v) is 13.2. The molecule has 3 heterocycles. The minimum Gasteiger partial charge on any atom is -0.363 e. The molecule has 3 aliphatic rings. The molecule has 0 bridgehead atoms. The number of hydrogen-bond donors (Lipinski definition) is 1. The Bertz CT molecular complexity index is 558. The van der Waals surface area contributed by atoms with Gasteiger partial charge in [0.05, 0.1) is 11.3 Å². The number of likely N-dealkylation sites (N-methyl/N-ethyl adjacent to an activating group) is 1. The summed E-state index contributed by atoms with van der Waals surface area (Å²) >= 11 is 0. The highest BCUT2D eigenvalue weighted by atomic mass is 16.5. The van der Waals surface area contributed by atoms with Gasteiger partial charge in [0, 0.05) is 44.8 Å². The van der Waals surface area contributed by atoms with Crippen LogP contribution >= 0.6 is 0 Å². The van der Waals surface area contributed by atoms with Crippen LogP contribution in [0.4, 0.5) is 0 Å². The second kappa shape index (κ2) is 5.35. The van der Waals surface area contributed by atoms with Crippen LogP contribution in [0.2, 0.25) is 0 Å². The van der Waals surface area contributed by atoms with Crippen molar-refractivity contribution in [3.8, 4) is 0 Å². The van der Waals surface area contributed by atoms with Crippen LogP contribution in [-0.2, 0) is 16.1 Å². The van der Waals surface area contributed by atoms with Gasteiger partial charge in [0.2, 0.25) is 5.91 Å². The Hall–Kier alpha value is -1.40. The number of ether oxygens (including phenoxy) is 1. The SMILES string of the molecule is CN1CC2(CCN(Cc3cc(C4CC4)n[nH]3)CC2)OCC1=O. The van der Waals surface area contributed by atoms with Crippen molar-refractivity contribution in [3.63, 3.8) is 0 Å². The van der Waals surface area contributed by atoms with Crippen molar-refractivity contribution >= 4 is 5.91 Å². The smallest absolute Gasteiger partial charge is 0.248 e. The molecule has 4 rings (SSSR count). The molecule has 1 aliphatic carbocycles. The van der Waals surface area contributed by atoms with Crippen molar-refractivity contribution in [2.24, 2.45) is 0 Å². The van der Waals surface area contributed by atoms with Crippen LogP contribution in [0.1, 0.15) is 43.0 Å². The second-order valence-electron chi connectivity index (χ2n) is 7.09. The first-order valence-corrected chi connectivity index (χ1v) is 8.28. The molecular formula is C16H24N4O2. The van der Waals surface area contributed by atoms with E-state index in [4.69, 9.17) is 4.74 Å². The number of carbonyl (C=O) groups excluding carboxylic acids is 1. The van der Waals surface area contributed by atoms with E-state index in [0.717, 1.165) is 39.0 Å². The molecule has 3 fully saturated rings. The summed E-state index contributed by atoms with van der Waals surface area (Å²) in [5.41, 5.74) is 2.33. The molecule has 1 N–H and O–H groups in total. The van der Waals surface area contributed by atoms with Gasteiger partial charge >= 0.3 is 0 Å². The molecule has 1 spiro atoms. The van der Waals surface area contributed by atoms with Crippen LogP contribution in [0, 0.1) is 0 Å². The molecule has 1 aromatic rings. The van der Waals surface area contributed by atoms with E-state index in [2.05, 4.69) is 21.2 Å².